The molecular formula is C13H10BrN5. The van der Waals surface area contributed by atoms with E-state index in [1.165, 1.54) is 0 Å². The number of hydrogen-bond donors (Lipinski definition) is 2. The molecule has 3 aromatic rings. The first-order valence-corrected chi connectivity index (χ1v) is 6.42. The minimum atomic E-state index is 0.367. The zero-order valence-corrected chi connectivity index (χ0v) is 11.4. The van der Waals surface area contributed by atoms with Gasteiger partial charge in [0.1, 0.15) is 10.3 Å². The number of halogens is 1. The van der Waals surface area contributed by atoms with Crippen LogP contribution in [-0.2, 0) is 0 Å². The van der Waals surface area contributed by atoms with E-state index in [1.54, 1.807) is 6.20 Å². The minimum absolute atomic E-state index is 0.367. The first-order valence-electron chi connectivity index (χ1n) is 5.63. The van der Waals surface area contributed by atoms with E-state index < -0.39 is 0 Å². The molecule has 3 rings (SSSR count). The molecule has 0 atom stereocenters. The molecule has 0 saturated heterocycles. The van der Waals surface area contributed by atoms with E-state index in [0.717, 1.165) is 17.0 Å². The van der Waals surface area contributed by atoms with Crippen molar-refractivity contribution >= 4 is 21.7 Å². The summed E-state index contributed by atoms with van der Waals surface area (Å²) < 4.78 is 0.632. The van der Waals surface area contributed by atoms with Crippen LogP contribution < -0.4 is 5.73 Å². The van der Waals surface area contributed by atoms with Gasteiger partial charge in [-0.05, 0) is 22.0 Å². The molecule has 19 heavy (non-hydrogen) atoms. The highest BCUT2D eigenvalue weighted by Crippen LogP contribution is 2.25. The Morgan fingerprint density at radius 3 is 2.74 bits per heavy atom. The Hall–Kier alpha value is -2.21. The molecule has 0 amide bonds. The molecule has 0 fully saturated rings. The van der Waals surface area contributed by atoms with Crippen LogP contribution in [0.4, 0.5) is 5.82 Å². The Bertz CT molecular complexity index is 708. The Balaban J connectivity index is 2.04. The van der Waals surface area contributed by atoms with Crippen molar-refractivity contribution < 1.29 is 0 Å². The van der Waals surface area contributed by atoms with Crippen LogP contribution >= 0.6 is 15.9 Å². The molecular weight excluding hydrogens is 306 g/mol. The summed E-state index contributed by atoms with van der Waals surface area (Å²) in [7, 11) is 0. The Morgan fingerprint density at radius 1 is 1.16 bits per heavy atom. The van der Waals surface area contributed by atoms with E-state index in [9.17, 15) is 0 Å². The second kappa shape index (κ2) is 4.81. The van der Waals surface area contributed by atoms with Crippen molar-refractivity contribution in [1.82, 2.24) is 20.2 Å². The normalized spacial score (nSPS) is 10.6. The average Bonchev–Trinajstić information content (AvgIpc) is 2.92. The second-order valence-corrected chi connectivity index (χ2v) is 4.77. The summed E-state index contributed by atoms with van der Waals surface area (Å²) in [6.07, 6.45) is 1.56. The first-order chi connectivity index (χ1) is 9.24. The number of aromatic amines is 1. The lowest BCUT2D eigenvalue weighted by Gasteiger charge is -2.00. The summed E-state index contributed by atoms with van der Waals surface area (Å²) in [5.74, 6) is 0.367. The van der Waals surface area contributed by atoms with Gasteiger partial charge in [0.05, 0.1) is 17.6 Å². The lowest BCUT2D eigenvalue weighted by molar-refractivity contribution is 1.08. The van der Waals surface area contributed by atoms with Gasteiger partial charge in [-0.2, -0.15) is 5.10 Å². The molecule has 2 heterocycles. The molecule has 0 bridgehead atoms. The van der Waals surface area contributed by atoms with E-state index >= 15 is 0 Å². The average molecular weight is 316 g/mol. The highest BCUT2D eigenvalue weighted by molar-refractivity contribution is 9.10. The summed E-state index contributed by atoms with van der Waals surface area (Å²) in [4.78, 5) is 8.37. The van der Waals surface area contributed by atoms with Crippen molar-refractivity contribution in [1.29, 1.82) is 0 Å². The number of H-pyrrole nitrogens is 1. The Kier molecular flexibility index (Phi) is 3.00. The molecule has 0 aliphatic rings. The largest absolute Gasteiger partial charge is 0.382 e. The zero-order valence-electron chi connectivity index (χ0n) is 9.84. The molecule has 0 unspecified atom stereocenters. The van der Waals surface area contributed by atoms with Crippen molar-refractivity contribution in [3.8, 4) is 22.6 Å². The lowest BCUT2D eigenvalue weighted by Crippen LogP contribution is -1.97. The molecule has 94 valence electrons. The maximum absolute atomic E-state index is 5.83. The van der Waals surface area contributed by atoms with Gasteiger partial charge in [-0.3, -0.25) is 5.10 Å². The predicted octanol–water partition coefficient (Wildman–Crippen LogP) is 2.88. The van der Waals surface area contributed by atoms with E-state index in [4.69, 9.17) is 5.73 Å². The first kappa shape index (κ1) is 11.9. The number of anilines is 1. The molecule has 5 nitrogen and oxygen atoms in total. The fourth-order valence-electron chi connectivity index (χ4n) is 1.77. The van der Waals surface area contributed by atoms with Crippen LogP contribution in [0.2, 0.25) is 0 Å². The smallest absolute Gasteiger partial charge is 0.151 e. The molecule has 6 heteroatoms. The zero-order chi connectivity index (χ0) is 13.2. The van der Waals surface area contributed by atoms with E-state index in [2.05, 4.69) is 36.1 Å². The Labute approximate surface area is 118 Å². The third-order valence-electron chi connectivity index (χ3n) is 2.67. The SMILES string of the molecule is Nc1ncc(Br)nc1-c1cc(-c2ccccc2)n[nH]1. The Morgan fingerprint density at radius 2 is 1.95 bits per heavy atom. The number of hydrogen-bond acceptors (Lipinski definition) is 4. The number of aromatic nitrogens is 4. The molecule has 0 aliphatic heterocycles. The third-order valence-corrected chi connectivity index (χ3v) is 3.06. The fourth-order valence-corrected chi connectivity index (χ4v) is 2.05. The van der Waals surface area contributed by atoms with E-state index in [1.807, 2.05) is 36.4 Å². The summed E-state index contributed by atoms with van der Waals surface area (Å²) in [5.41, 5.74) is 9.03. The molecule has 1 aromatic carbocycles. The van der Waals surface area contributed by atoms with Gasteiger partial charge in [-0.1, -0.05) is 30.3 Å². The second-order valence-electron chi connectivity index (χ2n) is 3.96. The minimum Gasteiger partial charge on any atom is -0.382 e. The summed E-state index contributed by atoms with van der Waals surface area (Å²) >= 11 is 3.28. The number of nitrogens with two attached hydrogens (primary N) is 1. The van der Waals surface area contributed by atoms with E-state index in [-0.39, 0.29) is 0 Å². The predicted molar refractivity (Wildman–Crippen MR) is 77.2 cm³/mol. The quantitative estimate of drug-likeness (QED) is 0.762. The topological polar surface area (TPSA) is 80.5 Å². The van der Waals surface area contributed by atoms with Crippen LogP contribution in [-0.4, -0.2) is 20.2 Å². The maximum atomic E-state index is 5.83. The van der Waals surface area contributed by atoms with Gasteiger partial charge in [-0.25, -0.2) is 9.97 Å². The monoisotopic (exact) mass is 315 g/mol. The van der Waals surface area contributed by atoms with Gasteiger partial charge in [0.25, 0.3) is 0 Å². The number of nitrogens with one attached hydrogen (secondary N) is 1. The summed E-state index contributed by atoms with van der Waals surface area (Å²) in [6.45, 7) is 0. The third kappa shape index (κ3) is 2.34. The van der Waals surface area contributed by atoms with Crippen LogP contribution in [0.25, 0.3) is 22.6 Å². The summed E-state index contributed by atoms with van der Waals surface area (Å²) in [6, 6.07) is 11.8. The van der Waals surface area contributed by atoms with Crippen molar-refractivity contribution in [2.45, 2.75) is 0 Å². The fraction of sp³-hybridized carbons (Fsp3) is 0. The molecule has 0 spiro atoms. The number of rotatable bonds is 2. The lowest BCUT2D eigenvalue weighted by atomic mass is 10.1. The van der Waals surface area contributed by atoms with Crippen LogP contribution in [0, 0.1) is 0 Å². The molecule has 3 N–H and O–H groups in total. The number of benzene rings is 1. The van der Waals surface area contributed by atoms with Gasteiger partial charge in [0.2, 0.25) is 0 Å². The maximum Gasteiger partial charge on any atom is 0.151 e. The van der Waals surface area contributed by atoms with Crippen molar-refractivity contribution in [2.24, 2.45) is 0 Å². The van der Waals surface area contributed by atoms with Gasteiger partial charge in [-0.15, -0.1) is 0 Å². The highest BCUT2D eigenvalue weighted by atomic mass is 79.9. The van der Waals surface area contributed by atoms with Crippen LogP contribution in [0.5, 0.6) is 0 Å². The summed E-state index contributed by atoms with van der Waals surface area (Å²) in [5, 5.41) is 7.21. The van der Waals surface area contributed by atoms with Gasteiger partial charge < -0.3 is 5.73 Å². The molecule has 0 saturated carbocycles. The van der Waals surface area contributed by atoms with Crippen LogP contribution in [0.1, 0.15) is 0 Å². The van der Waals surface area contributed by atoms with Gasteiger partial charge >= 0.3 is 0 Å². The van der Waals surface area contributed by atoms with Crippen LogP contribution in [0.15, 0.2) is 47.2 Å². The van der Waals surface area contributed by atoms with Crippen molar-refractivity contribution in [3.05, 3.63) is 47.2 Å². The van der Waals surface area contributed by atoms with Gasteiger partial charge in [0, 0.05) is 5.56 Å². The van der Waals surface area contributed by atoms with Crippen molar-refractivity contribution in [3.63, 3.8) is 0 Å². The number of nitrogen functional groups attached to an aromatic ring is 1. The number of nitrogens with zero attached hydrogens (tertiary/aromatic N) is 3. The molecule has 0 aliphatic carbocycles. The van der Waals surface area contributed by atoms with Crippen molar-refractivity contribution in [2.75, 3.05) is 5.73 Å². The van der Waals surface area contributed by atoms with E-state index in [0.29, 0.717) is 16.1 Å². The highest BCUT2D eigenvalue weighted by Gasteiger charge is 2.11. The van der Waals surface area contributed by atoms with Crippen LogP contribution in [0.3, 0.4) is 0 Å². The molecule has 2 aromatic heterocycles. The standard InChI is InChI=1S/C13H10BrN5/c14-11-7-16-13(15)12(17-11)10-6-9(18-19-10)8-4-2-1-3-5-8/h1-7H,(H2,15,16)(H,18,19). The molecule has 0 radical (unpaired) electrons. The van der Waals surface area contributed by atoms with Gasteiger partial charge in [0.15, 0.2) is 5.82 Å².